The lowest BCUT2D eigenvalue weighted by atomic mass is 10.1. The molecule has 8 heteroatoms. The molecule has 2 heterocycles. The summed E-state index contributed by atoms with van der Waals surface area (Å²) in [6.07, 6.45) is 0.694. The molecule has 0 saturated carbocycles. The number of halogens is 1. The fourth-order valence-electron chi connectivity index (χ4n) is 3.25. The van der Waals surface area contributed by atoms with Gasteiger partial charge in [0, 0.05) is 45.6 Å². The lowest BCUT2D eigenvalue weighted by Crippen LogP contribution is -2.34. The molecule has 2 amide bonds. The van der Waals surface area contributed by atoms with E-state index in [2.05, 4.69) is 10.3 Å². The molecule has 2 aliphatic heterocycles. The Kier molecular flexibility index (Phi) is 5.39. The highest BCUT2D eigenvalue weighted by Gasteiger charge is 2.33. The lowest BCUT2D eigenvalue weighted by Gasteiger charge is -2.30. The molecule has 2 saturated heterocycles. The molecule has 140 valence electrons. The molecule has 1 atom stereocenters. The number of rotatable bonds is 4. The highest BCUT2D eigenvalue weighted by molar-refractivity contribution is 5.90. The third-order valence-corrected chi connectivity index (χ3v) is 4.69. The normalized spacial score (nSPS) is 20.2. The third kappa shape index (κ3) is 3.95. The first kappa shape index (κ1) is 18.2. The maximum absolute atomic E-state index is 14.6. The van der Waals surface area contributed by atoms with Crippen LogP contribution in [0.4, 0.5) is 20.6 Å². The Bertz CT molecular complexity index is 727. The molecule has 0 radical (unpaired) electrons. The summed E-state index contributed by atoms with van der Waals surface area (Å²) in [6, 6.07) is 4.79. The third-order valence-electron chi connectivity index (χ3n) is 4.69. The topological polar surface area (TPSA) is 74.2 Å². The quantitative estimate of drug-likeness (QED) is 0.889. The van der Waals surface area contributed by atoms with Gasteiger partial charge in [-0.3, -0.25) is 14.7 Å². The van der Waals surface area contributed by atoms with Gasteiger partial charge in [0.2, 0.25) is 5.91 Å². The van der Waals surface area contributed by atoms with Crippen molar-refractivity contribution in [1.29, 1.82) is 0 Å². The van der Waals surface area contributed by atoms with E-state index in [-0.39, 0.29) is 24.8 Å². The number of carbonyl (C=O) groups is 2. The number of ether oxygens (including phenoxy) is 1. The van der Waals surface area contributed by atoms with E-state index in [1.165, 1.54) is 17.9 Å². The van der Waals surface area contributed by atoms with Gasteiger partial charge in [-0.25, -0.2) is 9.18 Å². The molecule has 2 fully saturated rings. The van der Waals surface area contributed by atoms with Crippen LogP contribution in [0.1, 0.15) is 19.8 Å². The largest absolute Gasteiger partial charge is 0.442 e. The number of carbonyl (C=O) groups excluding carboxylic acids is 2. The molecule has 2 aliphatic rings. The smallest absolute Gasteiger partial charge is 0.414 e. The van der Waals surface area contributed by atoms with Gasteiger partial charge in [-0.05, 0) is 18.2 Å². The Morgan fingerprint density at radius 1 is 1.38 bits per heavy atom. The van der Waals surface area contributed by atoms with Gasteiger partial charge in [-0.2, -0.15) is 0 Å². The van der Waals surface area contributed by atoms with Crippen molar-refractivity contribution in [3.8, 4) is 0 Å². The summed E-state index contributed by atoms with van der Waals surface area (Å²) in [7, 11) is 1.79. The van der Waals surface area contributed by atoms with Crippen molar-refractivity contribution < 1.29 is 18.7 Å². The summed E-state index contributed by atoms with van der Waals surface area (Å²) in [5.41, 5.74) is 2.14. The van der Waals surface area contributed by atoms with Crippen LogP contribution in [0, 0.1) is 5.82 Å². The molecule has 26 heavy (non-hydrogen) atoms. The number of hydrogen-bond acceptors (Lipinski definition) is 5. The highest BCUT2D eigenvalue weighted by atomic mass is 19.1. The number of anilines is 2. The Morgan fingerprint density at radius 3 is 2.73 bits per heavy atom. The van der Waals surface area contributed by atoms with Crippen LogP contribution >= 0.6 is 0 Å². The molecule has 0 bridgehead atoms. The Labute approximate surface area is 151 Å². The fourth-order valence-corrected chi connectivity index (χ4v) is 3.25. The summed E-state index contributed by atoms with van der Waals surface area (Å²) >= 11 is 0. The first-order chi connectivity index (χ1) is 12.5. The number of cyclic esters (lactones) is 1. The average Bonchev–Trinajstić information content (AvgIpc) is 3.01. The van der Waals surface area contributed by atoms with Crippen molar-refractivity contribution >= 4 is 29.1 Å². The van der Waals surface area contributed by atoms with E-state index in [4.69, 9.17) is 4.74 Å². The van der Waals surface area contributed by atoms with Crippen molar-refractivity contribution in [3.05, 3.63) is 24.0 Å². The first-order valence-electron chi connectivity index (χ1n) is 8.69. The number of nitrogens with one attached hydrogen (secondary N) is 1. The summed E-state index contributed by atoms with van der Waals surface area (Å²) in [6.45, 7) is 3.38. The number of aliphatic imine (C=N–C) groups is 1. The van der Waals surface area contributed by atoms with E-state index >= 15 is 0 Å². The molecule has 0 spiro atoms. The van der Waals surface area contributed by atoms with Gasteiger partial charge in [-0.1, -0.05) is 0 Å². The van der Waals surface area contributed by atoms with Gasteiger partial charge in [0.15, 0.2) is 0 Å². The zero-order valence-corrected chi connectivity index (χ0v) is 15.0. The summed E-state index contributed by atoms with van der Waals surface area (Å²) in [5.74, 6) is -0.551. The van der Waals surface area contributed by atoms with Crippen molar-refractivity contribution in [2.75, 3.05) is 43.0 Å². The second kappa shape index (κ2) is 7.72. The van der Waals surface area contributed by atoms with Gasteiger partial charge >= 0.3 is 6.09 Å². The zero-order valence-electron chi connectivity index (χ0n) is 15.0. The van der Waals surface area contributed by atoms with Crippen LogP contribution < -0.4 is 15.1 Å². The number of benzene rings is 1. The van der Waals surface area contributed by atoms with Crippen molar-refractivity contribution in [3.63, 3.8) is 0 Å². The Hall–Kier alpha value is -2.64. The van der Waals surface area contributed by atoms with Crippen LogP contribution in [-0.2, 0) is 9.53 Å². The molecular weight excluding hydrogens is 339 g/mol. The van der Waals surface area contributed by atoms with Crippen LogP contribution in [0.15, 0.2) is 23.2 Å². The molecule has 1 aromatic rings. The van der Waals surface area contributed by atoms with Gasteiger partial charge in [-0.15, -0.1) is 0 Å². The van der Waals surface area contributed by atoms with Gasteiger partial charge < -0.3 is 15.0 Å². The van der Waals surface area contributed by atoms with Gasteiger partial charge in [0.25, 0.3) is 0 Å². The molecule has 0 aromatic heterocycles. The van der Waals surface area contributed by atoms with Crippen LogP contribution in [0.25, 0.3) is 0 Å². The second-order valence-corrected chi connectivity index (χ2v) is 6.47. The first-order valence-corrected chi connectivity index (χ1v) is 8.69. The molecule has 1 unspecified atom stereocenters. The monoisotopic (exact) mass is 362 g/mol. The molecule has 1 aromatic carbocycles. The minimum Gasteiger partial charge on any atom is -0.442 e. The SMILES string of the molecule is CN=C1CCN(c2ccc(N3CC(CNC(C)=O)OC3=O)cc2F)CC1. The highest BCUT2D eigenvalue weighted by Crippen LogP contribution is 2.29. The number of amides is 2. The summed E-state index contributed by atoms with van der Waals surface area (Å²) in [4.78, 5) is 30.6. The van der Waals surface area contributed by atoms with E-state index in [9.17, 15) is 14.0 Å². The van der Waals surface area contributed by atoms with E-state index in [0.29, 0.717) is 11.4 Å². The predicted molar refractivity (Wildman–Crippen MR) is 97.5 cm³/mol. The number of piperidine rings is 1. The van der Waals surface area contributed by atoms with Gasteiger partial charge in [0.05, 0.1) is 24.5 Å². The lowest BCUT2D eigenvalue weighted by molar-refractivity contribution is -0.119. The van der Waals surface area contributed by atoms with Crippen molar-refractivity contribution in [2.45, 2.75) is 25.9 Å². The Balaban J connectivity index is 1.68. The molecular formula is C18H23FN4O3. The Morgan fingerprint density at radius 2 is 2.12 bits per heavy atom. The zero-order chi connectivity index (χ0) is 18.7. The van der Waals surface area contributed by atoms with Crippen molar-refractivity contribution in [2.24, 2.45) is 4.99 Å². The van der Waals surface area contributed by atoms with Crippen LogP contribution in [0.3, 0.4) is 0 Å². The van der Waals surface area contributed by atoms with E-state index < -0.39 is 12.2 Å². The minimum atomic E-state index is -0.533. The van der Waals surface area contributed by atoms with E-state index in [1.807, 2.05) is 4.90 Å². The van der Waals surface area contributed by atoms with E-state index in [0.717, 1.165) is 31.6 Å². The summed E-state index contributed by atoms with van der Waals surface area (Å²) in [5, 5.41) is 2.62. The van der Waals surface area contributed by atoms with E-state index in [1.54, 1.807) is 19.2 Å². The summed E-state index contributed by atoms with van der Waals surface area (Å²) < 4.78 is 19.9. The molecule has 1 N–H and O–H groups in total. The molecule has 3 rings (SSSR count). The number of nitrogens with zero attached hydrogens (tertiary/aromatic N) is 3. The van der Waals surface area contributed by atoms with Gasteiger partial charge in [0.1, 0.15) is 11.9 Å². The van der Waals surface area contributed by atoms with Crippen molar-refractivity contribution in [1.82, 2.24) is 5.32 Å². The molecule has 0 aliphatic carbocycles. The maximum Gasteiger partial charge on any atom is 0.414 e. The van der Waals surface area contributed by atoms with Crippen LogP contribution in [0.2, 0.25) is 0 Å². The van der Waals surface area contributed by atoms with Crippen LogP contribution in [-0.4, -0.2) is 57.0 Å². The predicted octanol–water partition coefficient (Wildman–Crippen LogP) is 1.96. The maximum atomic E-state index is 14.6. The number of hydrogen-bond donors (Lipinski definition) is 1. The molecule has 7 nitrogen and oxygen atoms in total. The average molecular weight is 362 g/mol. The fraction of sp³-hybridized carbons (Fsp3) is 0.500. The standard InChI is InChI=1S/C18H23FN4O3/c1-12(24)21-10-15-11-23(18(25)26-15)14-3-4-17(16(19)9-14)22-7-5-13(20-2)6-8-22/h3-4,9,15H,5-8,10-11H2,1-2H3,(H,21,24). The van der Waals surface area contributed by atoms with Crippen LogP contribution in [0.5, 0.6) is 0 Å². The second-order valence-electron chi connectivity index (χ2n) is 6.47. The minimum absolute atomic E-state index is 0.187.